The van der Waals surface area contributed by atoms with Crippen molar-refractivity contribution < 1.29 is 13.9 Å². The number of aromatic nitrogens is 1. The maximum Gasteiger partial charge on any atom is 0.322 e. The molecule has 0 spiro atoms. The topological polar surface area (TPSA) is 74.4 Å². The van der Waals surface area contributed by atoms with Crippen LogP contribution < -0.4 is 10.9 Å². The third-order valence-electron chi connectivity index (χ3n) is 5.29. The number of rotatable bonds is 5. The fraction of sp³-hybridized carbons (Fsp3) is 0.304. The molecule has 0 saturated carbocycles. The van der Waals surface area contributed by atoms with E-state index in [2.05, 4.69) is 10.3 Å². The number of nitrogens with one attached hydrogen (secondary N) is 2. The van der Waals surface area contributed by atoms with E-state index >= 15 is 0 Å². The van der Waals surface area contributed by atoms with Gasteiger partial charge >= 0.3 is 6.03 Å². The van der Waals surface area contributed by atoms with E-state index in [4.69, 9.17) is 4.74 Å². The van der Waals surface area contributed by atoms with Crippen LogP contribution in [0.1, 0.15) is 24.0 Å². The molecular formula is C23H24FN3O3. The van der Waals surface area contributed by atoms with Crippen molar-refractivity contribution in [3.63, 3.8) is 0 Å². The lowest BCUT2D eigenvalue weighted by Gasteiger charge is -2.26. The molecule has 3 aromatic rings. The van der Waals surface area contributed by atoms with Gasteiger partial charge in [-0.15, -0.1) is 0 Å². The van der Waals surface area contributed by atoms with Crippen molar-refractivity contribution in [3.8, 4) is 0 Å². The first-order valence-electron chi connectivity index (χ1n) is 10.0. The van der Waals surface area contributed by atoms with Crippen LogP contribution in [0.5, 0.6) is 0 Å². The van der Waals surface area contributed by atoms with Crippen molar-refractivity contribution in [2.75, 3.05) is 18.5 Å². The third kappa shape index (κ3) is 4.52. The van der Waals surface area contributed by atoms with Gasteiger partial charge in [-0.05, 0) is 55.5 Å². The van der Waals surface area contributed by atoms with E-state index < -0.39 is 11.8 Å². The molecule has 1 saturated heterocycles. The average molecular weight is 409 g/mol. The number of H-pyrrole nitrogens is 1. The number of pyridine rings is 1. The molecule has 1 unspecified atom stereocenters. The summed E-state index contributed by atoms with van der Waals surface area (Å²) in [6.07, 6.45) is 1.68. The molecule has 0 radical (unpaired) electrons. The summed E-state index contributed by atoms with van der Waals surface area (Å²) in [5.41, 5.74) is 2.14. The van der Waals surface area contributed by atoms with Gasteiger partial charge in [0.15, 0.2) is 0 Å². The first kappa shape index (κ1) is 20.1. The van der Waals surface area contributed by atoms with Crippen LogP contribution in [0.15, 0.2) is 53.3 Å². The van der Waals surface area contributed by atoms with Crippen LogP contribution in [0.2, 0.25) is 0 Å². The van der Waals surface area contributed by atoms with Crippen molar-refractivity contribution in [1.82, 2.24) is 9.88 Å². The molecule has 30 heavy (non-hydrogen) atoms. The molecule has 1 aliphatic rings. The van der Waals surface area contributed by atoms with E-state index in [-0.39, 0.29) is 23.9 Å². The second-order valence-electron chi connectivity index (χ2n) is 7.64. The van der Waals surface area contributed by atoms with E-state index in [1.165, 1.54) is 17.0 Å². The highest BCUT2D eigenvalue weighted by atomic mass is 19.1. The lowest BCUT2D eigenvalue weighted by atomic mass is 10.1. The molecule has 7 heteroatoms. The van der Waals surface area contributed by atoms with Gasteiger partial charge in [0.2, 0.25) is 0 Å². The number of urea groups is 1. The number of fused-ring (bicyclic) bond motifs is 1. The summed E-state index contributed by atoms with van der Waals surface area (Å²) in [5.74, 6) is -0.512. The number of benzene rings is 2. The summed E-state index contributed by atoms with van der Waals surface area (Å²) >= 11 is 0. The smallest absolute Gasteiger partial charge is 0.322 e. The van der Waals surface area contributed by atoms with Gasteiger partial charge in [-0.1, -0.05) is 23.8 Å². The number of halogens is 1. The van der Waals surface area contributed by atoms with Crippen molar-refractivity contribution in [1.29, 1.82) is 0 Å². The Labute approximate surface area is 173 Å². The van der Waals surface area contributed by atoms with Gasteiger partial charge < -0.3 is 19.9 Å². The molecule has 0 bridgehead atoms. The van der Waals surface area contributed by atoms with Crippen LogP contribution in [0, 0.1) is 12.7 Å². The van der Waals surface area contributed by atoms with Gasteiger partial charge in [0, 0.05) is 24.2 Å². The van der Waals surface area contributed by atoms with E-state index in [0.717, 1.165) is 29.3 Å². The Balaban J connectivity index is 1.61. The van der Waals surface area contributed by atoms with E-state index in [0.29, 0.717) is 18.7 Å². The number of hydrogen-bond donors (Lipinski definition) is 2. The Kier molecular flexibility index (Phi) is 5.81. The molecule has 2 amide bonds. The van der Waals surface area contributed by atoms with Crippen LogP contribution in [0.4, 0.5) is 14.9 Å². The van der Waals surface area contributed by atoms with Crippen LogP contribution in [0.25, 0.3) is 10.9 Å². The maximum absolute atomic E-state index is 14.0. The number of nitrogens with zero attached hydrogens (tertiary/aromatic N) is 1. The summed E-state index contributed by atoms with van der Waals surface area (Å²) in [5, 5.41) is 3.51. The number of carbonyl (C=O) groups excluding carboxylic acids is 1. The average Bonchev–Trinajstić information content (AvgIpc) is 3.23. The second kappa shape index (κ2) is 8.67. The molecule has 2 heterocycles. The van der Waals surface area contributed by atoms with Gasteiger partial charge in [0.05, 0.1) is 18.3 Å². The van der Waals surface area contributed by atoms with E-state index in [9.17, 15) is 14.0 Å². The highest BCUT2D eigenvalue weighted by Gasteiger charge is 2.24. The molecular weight excluding hydrogens is 385 g/mol. The number of amides is 2. The number of para-hydroxylation sites is 1. The second-order valence-corrected chi connectivity index (χ2v) is 7.64. The van der Waals surface area contributed by atoms with E-state index in [1.807, 2.05) is 25.1 Å². The first-order valence-corrected chi connectivity index (χ1v) is 10.0. The minimum absolute atomic E-state index is 0.0966. The number of carbonyl (C=O) groups is 1. The molecule has 1 fully saturated rings. The molecule has 1 aromatic heterocycles. The summed E-state index contributed by atoms with van der Waals surface area (Å²) in [4.78, 5) is 30.0. The molecule has 1 aliphatic heterocycles. The lowest BCUT2D eigenvalue weighted by Crippen LogP contribution is -2.41. The Bertz CT molecular complexity index is 1120. The number of hydrogen-bond acceptors (Lipinski definition) is 3. The lowest BCUT2D eigenvalue weighted by molar-refractivity contribution is 0.0818. The summed E-state index contributed by atoms with van der Waals surface area (Å²) in [7, 11) is 0. The number of aromatic amines is 1. The largest absolute Gasteiger partial charge is 0.376 e. The fourth-order valence-corrected chi connectivity index (χ4v) is 3.70. The molecule has 156 valence electrons. The highest BCUT2D eigenvalue weighted by molar-refractivity contribution is 5.89. The monoisotopic (exact) mass is 409 g/mol. The Morgan fingerprint density at radius 3 is 2.87 bits per heavy atom. The summed E-state index contributed by atoms with van der Waals surface area (Å²) in [6, 6.07) is 13.1. The first-order chi connectivity index (χ1) is 14.5. The minimum Gasteiger partial charge on any atom is -0.376 e. The fourth-order valence-electron chi connectivity index (χ4n) is 3.70. The van der Waals surface area contributed by atoms with Gasteiger partial charge in [-0.25, -0.2) is 9.18 Å². The van der Waals surface area contributed by atoms with E-state index in [1.54, 1.807) is 18.2 Å². The molecule has 4 rings (SSSR count). The number of anilines is 1. The zero-order valence-electron chi connectivity index (χ0n) is 16.8. The van der Waals surface area contributed by atoms with Gasteiger partial charge in [-0.2, -0.15) is 0 Å². The van der Waals surface area contributed by atoms with Gasteiger partial charge in [-0.3, -0.25) is 4.79 Å². The van der Waals surface area contributed by atoms with Crippen LogP contribution in [0.3, 0.4) is 0 Å². The predicted molar refractivity (Wildman–Crippen MR) is 114 cm³/mol. The highest BCUT2D eigenvalue weighted by Crippen LogP contribution is 2.19. The summed E-state index contributed by atoms with van der Waals surface area (Å²) in [6.45, 7) is 3.06. The molecule has 2 N–H and O–H groups in total. The molecule has 0 aliphatic carbocycles. The minimum atomic E-state index is -0.512. The Morgan fingerprint density at radius 2 is 2.10 bits per heavy atom. The standard InChI is InChI=1S/C23H24FN3O3/c1-15-8-9-20-16(11-15)12-17(22(28)25-20)13-27(14-18-5-4-10-30-18)23(29)26-21-7-3-2-6-19(21)24/h2-3,6-9,11-12,18H,4-5,10,13-14H2,1H3,(H,25,28)(H,26,29). The van der Waals surface area contributed by atoms with Crippen molar-refractivity contribution in [2.24, 2.45) is 0 Å². The number of ether oxygens (including phenoxy) is 1. The Morgan fingerprint density at radius 1 is 1.27 bits per heavy atom. The predicted octanol–water partition coefficient (Wildman–Crippen LogP) is 4.19. The third-order valence-corrected chi connectivity index (χ3v) is 5.29. The maximum atomic E-state index is 14.0. The van der Waals surface area contributed by atoms with Gasteiger partial charge in [0.25, 0.3) is 5.56 Å². The quantitative estimate of drug-likeness (QED) is 0.664. The Hall–Kier alpha value is -3.19. The molecule has 6 nitrogen and oxygen atoms in total. The number of aryl methyl sites for hydroxylation is 1. The van der Waals surface area contributed by atoms with Crippen LogP contribution >= 0.6 is 0 Å². The molecule has 1 atom stereocenters. The van der Waals surface area contributed by atoms with Crippen molar-refractivity contribution >= 4 is 22.6 Å². The zero-order chi connectivity index (χ0) is 21.1. The van der Waals surface area contributed by atoms with Crippen LogP contribution in [-0.2, 0) is 11.3 Å². The SMILES string of the molecule is Cc1ccc2[nH]c(=O)c(CN(CC3CCCO3)C(=O)Nc3ccccc3F)cc2c1. The summed E-state index contributed by atoms with van der Waals surface area (Å²) < 4.78 is 19.7. The van der Waals surface area contributed by atoms with Crippen molar-refractivity contribution in [2.45, 2.75) is 32.4 Å². The zero-order valence-corrected chi connectivity index (χ0v) is 16.8. The molecule has 2 aromatic carbocycles. The van der Waals surface area contributed by atoms with Gasteiger partial charge in [0.1, 0.15) is 5.82 Å². The van der Waals surface area contributed by atoms with Crippen molar-refractivity contribution in [3.05, 3.63) is 75.8 Å². The normalized spacial score (nSPS) is 16.0. The van der Waals surface area contributed by atoms with Crippen LogP contribution in [-0.4, -0.2) is 35.2 Å².